The second-order valence-electron chi connectivity index (χ2n) is 4.42. The van der Waals surface area contributed by atoms with Crippen LogP contribution in [0, 0.1) is 0 Å². The third kappa shape index (κ3) is 3.50. The fraction of sp³-hybridized carbons (Fsp3) is 0. The van der Waals surface area contributed by atoms with Crippen LogP contribution in [0.5, 0.6) is 23.0 Å². The monoisotopic (exact) mass is 524 g/mol. The Morgan fingerprint density at radius 3 is 1.92 bits per heavy atom. The fourth-order valence-electron chi connectivity index (χ4n) is 1.74. The molecular weight excluding hydrogens is 520 g/mol. The summed E-state index contributed by atoms with van der Waals surface area (Å²) in [6.45, 7) is 0. The number of carboxylic acids is 1. The number of carbonyl (C=O) groups excluding carboxylic acids is 1. The maximum atomic E-state index is 12.3. The lowest BCUT2D eigenvalue weighted by atomic mass is 10.2. The summed E-state index contributed by atoms with van der Waals surface area (Å²) in [6, 6.07) is 3.08. The topological polar surface area (TPSA) is 124 Å². The molecular formula is C14H7Br3O7. The number of hydrogen-bond acceptors (Lipinski definition) is 6. The summed E-state index contributed by atoms with van der Waals surface area (Å²) in [6.07, 6.45) is 0. The van der Waals surface area contributed by atoms with E-state index in [1.807, 2.05) is 0 Å². The number of aromatic carboxylic acids is 1. The van der Waals surface area contributed by atoms with Gasteiger partial charge < -0.3 is 25.2 Å². The van der Waals surface area contributed by atoms with Crippen LogP contribution < -0.4 is 4.74 Å². The van der Waals surface area contributed by atoms with E-state index < -0.39 is 29.2 Å². The molecule has 0 amide bonds. The summed E-state index contributed by atoms with van der Waals surface area (Å²) in [5.74, 6) is -3.80. The average molecular weight is 527 g/mol. The summed E-state index contributed by atoms with van der Waals surface area (Å²) >= 11 is 8.99. The van der Waals surface area contributed by atoms with Crippen molar-refractivity contribution in [1.29, 1.82) is 0 Å². The normalized spacial score (nSPS) is 10.5. The smallest absolute Gasteiger partial charge is 0.346 e. The van der Waals surface area contributed by atoms with Gasteiger partial charge in [-0.2, -0.15) is 0 Å². The van der Waals surface area contributed by atoms with Gasteiger partial charge in [0, 0.05) is 6.07 Å². The molecule has 2 aromatic carbocycles. The Balaban J connectivity index is 2.47. The molecule has 2 aromatic rings. The molecule has 10 heteroatoms. The number of carboxylic acid groups (broad SMARTS) is 1. The summed E-state index contributed by atoms with van der Waals surface area (Å²) in [7, 11) is 0. The lowest BCUT2D eigenvalue weighted by molar-refractivity contribution is 0.0686. The zero-order valence-electron chi connectivity index (χ0n) is 11.4. The second-order valence-corrected chi connectivity index (χ2v) is 6.80. The number of hydrogen-bond donors (Lipinski definition) is 4. The quantitative estimate of drug-likeness (QED) is 0.352. The van der Waals surface area contributed by atoms with Gasteiger partial charge in [0.2, 0.25) is 0 Å². The summed E-state index contributed by atoms with van der Waals surface area (Å²) < 4.78 is 4.88. The van der Waals surface area contributed by atoms with Crippen LogP contribution in [0.3, 0.4) is 0 Å². The Hall–Kier alpha value is -1.78. The first-order valence-electron chi connectivity index (χ1n) is 6.01. The van der Waals surface area contributed by atoms with Crippen molar-refractivity contribution in [3.63, 3.8) is 0 Å². The van der Waals surface area contributed by atoms with E-state index in [1.54, 1.807) is 0 Å². The minimum Gasteiger partial charge on any atom is -0.508 e. The fourth-order valence-corrected chi connectivity index (χ4v) is 4.05. The highest BCUT2D eigenvalue weighted by molar-refractivity contribution is 9.11. The molecule has 0 unspecified atom stereocenters. The van der Waals surface area contributed by atoms with Crippen LogP contribution >= 0.6 is 47.8 Å². The zero-order valence-corrected chi connectivity index (χ0v) is 16.1. The number of esters is 1. The van der Waals surface area contributed by atoms with Crippen LogP contribution in [0.1, 0.15) is 20.7 Å². The van der Waals surface area contributed by atoms with Crippen molar-refractivity contribution in [3.05, 3.63) is 42.7 Å². The van der Waals surface area contributed by atoms with Crippen LogP contribution in [0.25, 0.3) is 0 Å². The van der Waals surface area contributed by atoms with Crippen LogP contribution in [0.4, 0.5) is 0 Å². The number of ether oxygens (including phenoxy) is 1. The molecule has 126 valence electrons. The SMILES string of the molecule is O=C(O)c1cc(O)cc(OC(=O)c2c(Br)c(O)c(Br)c(O)c2Br)c1. The van der Waals surface area contributed by atoms with Crippen molar-refractivity contribution >= 4 is 59.7 Å². The highest BCUT2D eigenvalue weighted by atomic mass is 79.9. The number of phenolic OH excluding ortho intramolecular Hbond substituents is 3. The molecule has 0 bridgehead atoms. The molecule has 0 aromatic heterocycles. The highest BCUT2D eigenvalue weighted by Gasteiger charge is 2.26. The average Bonchev–Trinajstić information content (AvgIpc) is 2.50. The Bertz CT molecular complexity index is 835. The van der Waals surface area contributed by atoms with E-state index in [2.05, 4.69) is 47.8 Å². The molecule has 0 fully saturated rings. The molecule has 0 atom stereocenters. The third-order valence-electron chi connectivity index (χ3n) is 2.82. The van der Waals surface area contributed by atoms with Crippen LogP contribution in [-0.4, -0.2) is 32.4 Å². The van der Waals surface area contributed by atoms with E-state index in [0.717, 1.165) is 18.2 Å². The molecule has 4 N–H and O–H groups in total. The number of carbonyl (C=O) groups is 2. The summed E-state index contributed by atoms with van der Waals surface area (Å²) in [5, 5.41) is 38.2. The molecule has 0 aliphatic rings. The maximum absolute atomic E-state index is 12.3. The van der Waals surface area contributed by atoms with Gasteiger partial charge in [-0.05, 0) is 59.9 Å². The summed E-state index contributed by atoms with van der Waals surface area (Å²) in [4.78, 5) is 23.3. The predicted octanol–water partition coefficient (Wildman–Crippen LogP) is 4.01. The number of phenols is 3. The molecule has 0 saturated heterocycles. The van der Waals surface area contributed by atoms with E-state index >= 15 is 0 Å². The lowest BCUT2D eigenvalue weighted by Crippen LogP contribution is -2.11. The second kappa shape index (κ2) is 6.99. The van der Waals surface area contributed by atoms with Crippen molar-refractivity contribution < 1.29 is 34.8 Å². The van der Waals surface area contributed by atoms with Gasteiger partial charge in [0.25, 0.3) is 0 Å². The Morgan fingerprint density at radius 2 is 1.42 bits per heavy atom. The largest absolute Gasteiger partial charge is 0.508 e. The minimum atomic E-state index is -1.32. The molecule has 0 heterocycles. The summed E-state index contributed by atoms with van der Waals surface area (Å²) in [5.41, 5.74) is -0.508. The van der Waals surface area contributed by atoms with Crippen molar-refractivity contribution in [1.82, 2.24) is 0 Å². The maximum Gasteiger partial charge on any atom is 0.346 e. The van der Waals surface area contributed by atoms with E-state index in [9.17, 15) is 24.9 Å². The highest BCUT2D eigenvalue weighted by Crippen LogP contribution is 2.47. The first kappa shape index (κ1) is 18.6. The number of rotatable bonds is 3. The number of halogens is 3. The molecule has 0 aliphatic carbocycles. The molecule has 0 saturated carbocycles. The van der Waals surface area contributed by atoms with E-state index in [0.29, 0.717) is 0 Å². The zero-order chi connectivity index (χ0) is 18.2. The van der Waals surface area contributed by atoms with Crippen LogP contribution in [-0.2, 0) is 0 Å². The number of aromatic hydroxyl groups is 3. The molecule has 0 radical (unpaired) electrons. The molecule has 0 aliphatic heterocycles. The number of benzene rings is 2. The van der Waals surface area contributed by atoms with Gasteiger partial charge in [-0.15, -0.1) is 0 Å². The van der Waals surface area contributed by atoms with E-state index in [1.165, 1.54) is 0 Å². The molecule has 2 rings (SSSR count). The van der Waals surface area contributed by atoms with E-state index in [-0.39, 0.29) is 30.3 Å². The van der Waals surface area contributed by atoms with Crippen LogP contribution in [0.15, 0.2) is 31.6 Å². The molecule has 24 heavy (non-hydrogen) atoms. The minimum absolute atomic E-state index is 0.0386. The third-order valence-corrected chi connectivity index (χ3v) is 5.12. The van der Waals surface area contributed by atoms with Crippen LogP contribution in [0.2, 0.25) is 0 Å². The predicted molar refractivity (Wildman–Crippen MR) is 92.9 cm³/mol. The van der Waals surface area contributed by atoms with Gasteiger partial charge in [-0.1, -0.05) is 0 Å². The first-order valence-corrected chi connectivity index (χ1v) is 8.39. The van der Waals surface area contributed by atoms with Crippen molar-refractivity contribution in [2.45, 2.75) is 0 Å². The Morgan fingerprint density at radius 1 is 0.875 bits per heavy atom. The lowest BCUT2D eigenvalue weighted by Gasteiger charge is -2.13. The Kier molecular flexibility index (Phi) is 5.41. The van der Waals surface area contributed by atoms with Gasteiger partial charge in [0.1, 0.15) is 27.5 Å². The van der Waals surface area contributed by atoms with Gasteiger partial charge in [-0.25, -0.2) is 9.59 Å². The standard InChI is InChI=1S/C14H7Br3O7/c15-8-7(9(16)12(20)10(17)11(8)19)14(23)24-6-2-4(13(21)22)1-5(18)3-6/h1-3,18-20H,(H,21,22). The van der Waals surface area contributed by atoms with Gasteiger partial charge in [-0.3, -0.25) is 0 Å². The van der Waals surface area contributed by atoms with Gasteiger partial charge >= 0.3 is 11.9 Å². The van der Waals surface area contributed by atoms with Crippen molar-refractivity contribution in [3.8, 4) is 23.0 Å². The molecule has 7 nitrogen and oxygen atoms in total. The first-order chi connectivity index (χ1) is 11.1. The Labute approximate surface area is 159 Å². The molecule has 0 spiro atoms. The van der Waals surface area contributed by atoms with Crippen molar-refractivity contribution in [2.24, 2.45) is 0 Å². The van der Waals surface area contributed by atoms with Gasteiger partial charge in [0.15, 0.2) is 0 Å². The van der Waals surface area contributed by atoms with E-state index in [4.69, 9.17) is 9.84 Å². The van der Waals surface area contributed by atoms with Gasteiger partial charge in [0.05, 0.1) is 20.1 Å². The van der Waals surface area contributed by atoms with Crippen molar-refractivity contribution in [2.75, 3.05) is 0 Å².